The van der Waals surface area contributed by atoms with E-state index >= 15 is 0 Å². The summed E-state index contributed by atoms with van der Waals surface area (Å²) in [6, 6.07) is 3.77. The fourth-order valence-electron chi connectivity index (χ4n) is 2.23. The molecule has 0 amide bonds. The highest BCUT2D eigenvalue weighted by molar-refractivity contribution is 5.88. The van der Waals surface area contributed by atoms with Crippen LogP contribution >= 0.6 is 0 Å². The molecule has 1 aromatic rings. The summed E-state index contributed by atoms with van der Waals surface area (Å²) < 4.78 is 0. The zero-order chi connectivity index (χ0) is 13.1. The lowest BCUT2D eigenvalue weighted by atomic mass is 10.1. The number of carboxylic acid groups (broad SMARTS) is 1. The van der Waals surface area contributed by atoms with Gasteiger partial charge in [-0.3, -0.25) is 0 Å². The SMILES string of the molecule is CCCc1cc(C(=O)O)cc(NC2CC2CC)n1. The summed E-state index contributed by atoms with van der Waals surface area (Å²) in [6.45, 7) is 4.24. The van der Waals surface area contributed by atoms with Crippen LogP contribution < -0.4 is 5.32 Å². The van der Waals surface area contributed by atoms with Gasteiger partial charge in [-0.15, -0.1) is 0 Å². The van der Waals surface area contributed by atoms with E-state index in [0.717, 1.165) is 30.9 Å². The molecule has 98 valence electrons. The molecule has 0 radical (unpaired) electrons. The number of rotatable bonds is 6. The van der Waals surface area contributed by atoms with Crippen molar-refractivity contribution in [1.82, 2.24) is 4.98 Å². The van der Waals surface area contributed by atoms with Gasteiger partial charge in [0.05, 0.1) is 5.56 Å². The predicted molar refractivity (Wildman–Crippen MR) is 71.0 cm³/mol. The number of anilines is 1. The number of carboxylic acids is 1. The van der Waals surface area contributed by atoms with E-state index in [1.54, 1.807) is 12.1 Å². The van der Waals surface area contributed by atoms with Gasteiger partial charge in [0.25, 0.3) is 0 Å². The fraction of sp³-hybridized carbons (Fsp3) is 0.571. The second kappa shape index (κ2) is 5.38. The Labute approximate surface area is 107 Å². The van der Waals surface area contributed by atoms with E-state index in [1.165, 1.54) is 6.42 Å². The first kappa shape index (κ1) is 12.9. The van der Waals surface area contributed by atoms with Crippen molar-refractivity contribution in [2.24, 2.45) is 5.92 Å². The molecule has 4 nitrogen and oxygen atoms in total. The number of carbonyl (C=O) groups is 1. The molecule has 1 heterocycles. The molecular weight excluding hydrogens is 228 g/mol. The molecule has 0 aromatic carbocycles. The van der Waals surface area contributed by atoms with Gasteiger partial charge in [-0.2, -0.15) is 0 Å². The molecule has 0 aliphatic heterocycles. The van der Waals surface area contributed by atoms with Gasteiger partial charge < -0.3 is 10.4 Å². The summed E-state index contributed by atoms with van der Waals surface area (Å²) in [5.41, 5.74) is 1.18. The number of nitrogens with one attached hydrogen (secondary N) is 1. The van der Waals surface area contributed by atoms with Gasteiger partial charge in [0.2, 0.25) is 0 Å². The van der Waals surface area contributed by atoms with E-state index in [2.05, 4.69) is 24.1 Å². The molecule has 0 spiro atoms. The van der Waals surface area contributed by atoms with E-state index in [-0.39, 0.29) is 0 Å². The Morgan fingerprint density at radius 1 is 1.50 bits per heavy atom. The van der Waals surface area contributed by atoms with Crippen molar-refractivity contribution in [1.29, 1.82) is 0 Å². The average molecular weight is 248 g/mol. The van der Waals surface area contributed by atoms with Gasteiger partial charge in [-0.1, -0.05) is 26.7 Å². The van der Waals surface area contributed by atoms with Gasteiger partial charge >= 0.3 is 5.97 Å². The highest BCUT2D eigenvalue weighted by atomic mass is 16.4. The zero-order valence-corrected chi connectivity index (χ0v) is 10.9. The van der Waals surface area contributed by atoms with E-state index < -0.39 is 5.97 Å². The molecule has 0 saturated heterocycles. The van der Waals surface area contributed by atoms with Crippen molar-refractivity contribution in [3.05, 3.63) is 23.4 Å². The van der Waals surface area contributed by atoms with Gasteiger partial charge in [-0.25, -0.2) is 9.78 Å². The number of aromatic carboxylic acids is 1. The second-order valence-corrected chi connectivity index (χ2v) is 4.94. The number of aryl methyl sites for hydroxylation is 1. The lowest BCUT2D eigenvalue weighted by Gasteiger charge is -2.08. The molecule has 18 heavy (non-hydrogen) atoms. The predicted octanol–water partition coefficient (Wildman–Crippen LogP) is 2.94. The van der Waals surface area contributed by atoms with E-state index in [9.17, 15) is 4.79 Å². The van der Waals surface area contributed by atoms with Gasteiger partial charge in [-0.05, 0) is 30.9 Å². The minimum absolute atomic E-state index is 0.324. The van der Waals surface area contributed by atoms with Crippen molar-refractivity contribution in [2.45, 2.75) is 45.6 Å². The molecule has 1 saturated carbocycles. The minimum atomic E-state index is -0.888. The Morgan fingerprint density at radius 2 is 2.28 bits per heavy atom. The molecule has 0 bridgehead atoms. The Kier molecular flexibility index (Phi) is 3.84. The lowest BCUT2D eigenvalue weighted by Crippen LogP contribution is -2.09. The van der Waals surface area contributed by atoms with Crippen LogP contribution in [-0.2, 0) is 6.42 Å². The summed E-state index contributed by atoms with van der Waals surface area (Å²) >= 11 is 0. The van der Waals surface area contributed by atoms with Crippen LogP contribution in [0.4, 0.5) is 5.82 Å². The fourth-order valence-corrected chi connectivity index (χ4v) is 2.23. The minimum Gasteiger partial charge on any atom is -0.478 e. The third-order valence-electron chi connectivity index (χ3n) is 3.41. The van der Waals surface area contributed by atoms with Crippen molar-refractivity contribution in [3.8, 4) is 0 Å². The topological polar surface area (TPSA) is 62.2 Å². The number of nitrogens with zero attached hydrogens (tertiary/aromatic N) is 1. The summed E-state index contributed by atoms with van der Waals surface area (Å²) in [4.78, 5) is 15.6. The lowest BCUT2D eigenvalue weighted by molar-refractivity contribution is 0.0696. The zero-order valence-electron chi connectivity index (χ0n) is 10.9. The molecule has 1 fully saturated rings. The maximum atomic E-state index is 11.1. The van der Waals surface area contributed by atoms with E-state index in [4.69, 9.17) is 5.11 Å². The van der Waals surface area contributed by atoms with E-state index in [1.807, 2.05) is 0 Å². The third-order valence-corrected chi connectivity index (χ3v) is 3.41. The Bertz CT molecular complexity index is 445. The maximum Gasteiger partial charge on any atom is 0.335 e. The largest absolute Gasteiger partial charge is 0.478 e. The molecule has 1 aliphatic rings. The van der Waals surface area contributed by atoms with Crippen LogP contribution in [0.15, 0.2) is 12.1 Å². The van der Waals surface area contributed by atoms with Crippen LogP contribution in [-0.4, -0.2) is 22.1 Å². The Balaban J connectivity index is 2.15. The number of hydrogen-bond donors (Lipinski definition) is 2. The molecule has 4 heteroatoms. The number of aromatic nitrogens is 1. The highest BCUT2D eigenvalue weighted by Crippen LogP contribution is 2.35. The van der Waals surface area contributed by atoms with Crippen molar-refractivity contribution in [2.75, 3.05) is 5.32 Å². The first-order valence-corrected chi connectivity index (χ1v) is 6.64. The van der Waals surface area contributed by atoms with Crippen molar-refractivity contribution < 1.29 is 9.90 Å². The maximum absolute atomic E-state index is 11.1. The molecule has 2 unspecified atom stereocenters. The highest BCUT2D eigenvalue weighted by Gasteiger charge is 2.35. The van der Waals surface area contributed by atoms with E-state index in [0.29, 0.717) is 17.4 Å². The third kappa shape index (κ3) is 3.00. The quantitative estimate of drug-likeness (QED) is 0.812. The van der Waals surface area contributed by atoms with Crippen molar-refractivity contribution in [3.63, 3.8) is 0 Å². The number of pyridine rings is 1. The second-order valence-electron chi connectivity index (χ2n) is 4.94. The van der Waals surface area contributed by atoms with Crippen LogP contribution in [0, 0.1) is 5.92 Å². The molecular formula is C14H20N2O2. The first-order chi connectivity index (χ1) is 8.63. The molecule has 2 atom stereocenters. The van der Waals surface area contributed by atoms with Crippen LogP contribution in [0.25, 0.3) is 0 Å². The van der Waals surface area contributed by atoms with Crippen LogP contribution in [0.2, 0.25) is 0 Å². The standard InChI is InChI=1S/C14H20N2O2/c1-3-5-11-6-10(14(17)18)8-13(15-11)16-12-7-9(12)4-2/h6,8-9,12H,3-5,7H2,1-2H3,(H,15,16)(H,17,18). The molecule has 1 aliphatic carbocycles. The van der Waals surface area contributed by atoms with Gasteiger partial charge in [0.15, 0.2) is 0 Å². The first-order valence-electron chi connectivity index (χ1n) is 6.64. The Morgan fingerprint density at radius 3 is 2.83 bits per heavy atom. The summed E-state index contributed by atoms with van der Waals surface area (Å²) in [7, 11) is 0. The Hall–Kier alpha value is -1.58. The summed E-state index contributed by atoms with van der Waals surface area (Å²) in [5.74, 6) is 0.537. The molecule has 2 rings (SSSR count). The molecule has 1 aromatic heterocycles. The van der Waals surface area contributed by atoms with Crippen molar-refractivity contribution >= 4 is 11.8 Å². The normalized spacial score (nSPS) is 21.7. The monoisotopic (exact) mass is 248 g/mol. The summed E-state index contributed by atoms with van der Waals surface area (Å²) in [5, 5.41) is 12.4. The number of hydrogen-bond acceptors (Lipinski definition) is 3. The van der Waals surface area contributed by atoms with Crippen LogP contribution in [0.3, 0.4) is 0 Å². The van der Waals surface area contributed by atoms with Crippen LogP contribution in [0.5, 0.6) is 0 Å². The average Bonchev–Trinajstić information content (AvgIpc) is 3.07. The smallest absolute Gasteiger partial charge is 0.335 e. The summed E-state index contributed by atoms with van der Waals surface area (Å²) in [6.07, 6.45) is 4.12. The molecule has 2 N–H and O–H groups in total. The van der Waals surface area contributed by atoms with Gasteiger partial charge in [0, 0.05) is 11.7 Å². The van der Waals surface area contributed by atoms with Crippen LogP contribution in [0.1, 0.15) is 49.2 Å². The van der Waals surface area contributed by atoms with Gasteiger partial charge in [0.1, 0.15) is 5.82 Å².